The highest BCUT2D eigenvalue weighted by Gasteiger charge is 2.25. The van der Waals surface area contributed by atoms with Gasteiger partial charge >= 0.3 is 11.8 Å². The van der Waals surface area contributed by atoms with E-state index in [9.17, 15) is 29.6 Å². The van der Waals surface area contributed by atoms with Crippen LogP contribution in [0.2, 0.25) is 0 Å². The summed E-state index contributed by atoms with van der Waals surface area (Å²) in [4.78, 5) is 70.7. The van der Waals surface area contributed by atoms with E-state index in [1.165, 1.54) is 10.8 Å². The fraction of sp³-hybridized carbons (Fsp3) is 0.381. The molecule has 58 heavy (non-hydrogen) atoms. The Morgan fingerprint density at radius 1 is 0.845 bits per heavy atom. The second-order valence-electron chi connectivity index (χ2n) is 14.9. The summed E-state index contributed by atoms with van der Waals surface area (Å²) in [7, 11) is 0. The molecule has 16 nitrogen and oxygen atoms in total. The maximum Gasteiger partial charge on any atom is 0.342 e. The molecule has 304 valence electrons. The lowest BCUT2D eigenvalue weighted by atomic mass is 9.98. The van der Waals surface area contributed by atoms with Crippen LogP contribution in [0.15, 0.2) is 42.6 Å². The van der Waals surface area contributed by atoms with Gasteiger partial charge in [-0.05, 0) is 141 Å². The molecule has 2 amide bonds. The van der Waals surface area contributed by atoms with Gasteiger partial charge in [-0.25, -0.2) is 19.5 Å². The average molecular weight is 791 g/mol. The lowest BCUT2D eigenvalue weighted by Crippen LogP contribution is -2.47. The maximum absolute atomic E-state index is 13.6. The predicted molar refractivity (Wildman–Crippen MR) is 223 cm³/mol. The van der Waals surface area contributed by atoms with E-state index in [1.54, 1.807) is 6.92 Å². The molecule has 0 aliphatic carbocycles. The van der Waals surface area contributed by atoms with Crippen molar-refractivity contribution in [3.05, 3.63) is 92.4 Å². The number of imidazole rings is 1. The van der Waals surface area contributed by atoms with Crippen LogP contribution in [0, 0.1) is 30.9 Å². The third-order valence-corrected chi connectivity index (χ3v) is 10.7. The maximum atomic E-state index is 13.6. The number of amides is 2. The minimum atomic E-state index is -0.908. The number of carbonyl (C=O) groups is 3. The zero-order chi connectivity index (χ0) is 41.7. The van der Waals surface area contributed by atoms with Crippen molar-refractivity contribution in [3.8, 4) is 0 Å². The molecule has 4 aromatic rings. The number of hydrogen-bond acceptors (Lipinski definition) is 9. The number of aromatic amines is 2. The monoisotopic (exact) mass is 790 g/mol. The molecule has 0 aromatic carbocycles. The van der Waals surface area contributed by atoms with Crippen molar-refractivity contribution < 1.29 is 24.4 Å². The number of nitrogens with one attached hydrogen (secondary N) is 4. The lowest BCUT2D eigenvalue weighted by Gasteiger charge is -2.18. The Kier molecular flexibility index (Phi) is 12.6. The molecule has 0 saturated heterocycles. The van der Waals surface area contributed by atoms with Crippen LogP contribution in [0.25, 0.3) is 44.4 Å². The Morgan fingerprint density at radius 3 is 2.07 bits per heavy atom. The van der Waals surface area contributed by atoms with Gasteiger partial charge in [0.2, 0.25) is 11.8 Å². The molecular weight excluding hydrogens is 741 g/mol. The molecule has 1 unspecified atom stereocenters. The van der Waals surface area contributed by atoms with Crippen LogP contribution in [-0.4, -0.2) is 76.4 Å². The normalized spacial score (nSPS) is 13.2. The highest BCUT2D eigenvalue weighted by Crippen LogP contribution is 2.37. The molecule has 6 rings (SSSR count). The van der Waals surface area contributed by atoms with Crippen LogP contribution >= 0.6 is 0 Å². The third-order valence-electron chi connectivity index (χ3n) is 10.7. The molecule has 6 heterocycles. The Bertz CT molecular complexity index is 2510. The molecule has 0 radical (unpaired) electrons. The van der Waals surface area contributed by atoms with Gasteiger partial charge in [-0.3, -0.25) is 14.4 Å². The van der Waals surface area contributed by atoms with E-state index in [1.807, 2.05) is 45.9 Å². The molecule has 7 N–H and O–H groups in total. The van der Waals surface area contributed by atoms with Crippen molar-refractivity contribution in [1.82, 2.24) is 40.1 Å². The lowest BCUT2D eigenvalue weighted by molar-refractivity contribution is -0.392. The van der Waals surface area contributed by atoms with Crippen LogP contribution in [0.5, 0.6) is 0 Å². The quantitative estimate of drug-likeness (QED) is 0.0422. The first kappa shape index (κ1) is 41.2. The first-order chi connectivity index (χ1) is 27.7. The number of allylic oxidation sites excluding steroid dienone is 4. The molecule has 1 atom stereocenters. The molecule has 2 aliphatic rings. The Hall–Kier alpha value is -6.42. The van der Waals surface area contributed by atoms with Gasteiger partial charge in [0.05, 0.1) is 29.3 Å². The van der Waals surface area contributed by atoms with Crippen molar-refractivity contribution in [2.75, 3.05) is 13.1 Å². The van der Waals surface area contributed by atoms with E-state index in [0.717, 1.165) is 61.2 Å². The van der Waals surface area contributed by atoms with Crippen LogP contribution in [-0.2, 0) is 20.9 Å². The van der Waals surface area contributed by atoms with Gasteiger partial charge in [0.15, 0.2) is 5.82 Å². The molecule has 16 heteroatoms. The van der Waals surface area contributed by atoms with E-state index in [-0.39, 0.29) is 44.1 Å². The summed E-state index contributed by atoms with van der Waals surface area (Å²) in [5.41, 5.74) is 17.6. The van der Waals surface area contributed by atoms with E-state index in [2.05, 4.69) is 43.8 Å². The second kappa shape index (κ2) is 17.8. The summed E-state index contributed by atoms with van der Waals surface area (Å²) >= 11 is 0. The topological polar surface area (TPSA) is 240 Å². The van der Waals surface area contributed by atoms with Gasteiger partial charge in [-0.2, -0.15) is 0 Å². The van der Waals surface area contributed by atoms with Crippen molar-refractivity contribution in [2.24, 2.45) is 5.73 Å². The molecule has 2 aliphatic heterocycles. The number of unbranched alkanes of at least 4 members (excludes halogenated alkanes) is 1. The summed E-state index contributed by atoms with van der Waals surface area (Å²) < 4.78 is 1.42. The van der Waals surface area contributed by atoms with Crippen LogP contribution < -0.4 is 16.4 Å². The van der Waals surface area contributed by atoms with Gasteiger partial charge in [0.25, 0.3) is 0 Å². The minimum absolute atomic E-state index is 0.0568. The molecule has 4 aromatic heterocycles. The van der Waals surface area contributed by atoms with Crippen LogP contribution in [0.3, 0.4) is 0 Å². The van der Waals surface area contributed by atoms with Crippen molar-refractivity contribution in [3.63, 3.8) is 0 Å². The third kappa shape index (κ3) is 9.40. The van der Waals surface area contributed by atoms with E-state index in [0.29, 0.717) is 55.1 Å². The summed E-state index contributed by atoms with van der Waals surface area (Å²) in [5, 5.41) is 26.7. The number of carboxylic acid groups (broad SMARTS) is 1. The number of carbonyl (C=O) groups excluding carboxylic acids is 2. The fourth-order valence-corrected chi connectivity index (χ4v) is 7.42. The largest absolute Gasteiger partial charge is 0.481 e. The number of fused-ring (bicyclic) bond motifs is 8. The van der Waals surface area contributed by atoms with E-state index >= 15 is 0 Å². The number of rotatable bonds is 16. The number of aliphatic carboxylic acids is 1. The standard InChI is InChI=1S/C42H50N10O6/c1-23-16-29-19-35-25(3)30(9-11-39(53)50-32(8-6-7-13-43)42(56)44-14-15-51-27(5)45-22-40(51)52(57)58)37(48-35)21-38-31(10-12-41(54)55)26(4)36(49-38)20-34-24(2)17-28(47-34)18-33(23)46-29/h16-22,32,46-47H,6-15,43H2,1-5H3,(H,44,56)(H,50,53)(H,54,55). The van der Waals surface area contributed by atoms with E-state index < -0.39 is 22.8 Å². The Balaban J connectivity index is 1.30. The van der Waals surface area contributed by atoms with Crippen molar-refractivity contribution in [2.45, 2.75) is 92.2 Å². The Morgan fingerprint density at radius 2 is 1.45 bits per heavy atom. The van der Waals surface area contributed by atoms with Gasteiger partial charge in [0.1, 0.15) is 18.8 Å². The summed E-state index contributed by atoms with van der Waals surface area (Å²) in [6.45, 7) is 10.3. The predicted octanol–water partition coefficient (Wildman–Crippen LogP) is 6.28. The highest BCUT2D eigenvalue weighted by molar-refractivity contribution is 5.97. The smallest absolute Gasteiger partial charge is 0.342 e. The van der Waals surface area contributed by atoms with Crippen LogP contribution in [0.1, 0.15) is 98.5 Å². The highest BCUT2D eigenvalue weighted by atomic mass is 16.6. The first-order valence-corrected chi connectivity index (χ1v) is 19.5. The number of nitrogens with two attached hydrogens (primary N) is 1. The fourth-order valence-electron chi connectivity index (χ4n) is 7.42. The molecule has 8 bridgehead atoms. The summed E-state index contributed by atoms with van der Waals surface area (Å²) in [5.74, 6) is -1.34. The SMILES string of the molecule is CC1=C(CCC(=O)O)c2cc3nc(cc4cc(C)c(cc5cc(C)c(cc1n2)[nH]5)[nH]4)C(C)=C3CCC(=O)NC(CCCCN)C(=O)NCCn1c([N+](=O)[O-])cnc1C. The summed E-state index contributed by atoms with van der Waals surface area (Å²) in [6.07, 6.45) is 3.42. The van der Waals surface area contributed by atoms with E-state index in [4.69, 9.17) is 15.7 Å². The Labute approximate surface area is 335 Å². The van der Waals surface area contributed by atoms with Crippen LogP contribution in [0.4, 0.5) is 5.82 Å². The minimum Gasteiger partial charge on any atom is -0.481 e. The second-order valence-corrected chi connectivity index (χ2v) is 14.9. The van der Waals surface area contributed by atoms with Gasteiger partial charge < -0.3 is 41.6 Å². The van der Waals surface area contributed by atoms with Crippen molar-refractivity contribution in [1.29, 1.82) is 0 Å². The zero-order valence-corrected chi connectivity index (χ0v) is 33.5. The molecular formula is C42H50N10O6. The molecule has 0 spiro atoms. The number of H-pyrrole nitrogens is 2. The summed E-state index contributed by atoms with van der Waals surface area (Å²) in [6, 6.07) is 11.2. The average Bonchev–Trinajstić information content (AvgIpc) is 3.95. The molecule has 0 saturated carbocycles. The number of aromatic nitrogens is 6. The van der Waals surface area contributed by atoms with Gasteiger partial charge in [-0.1, -0.05) is 0 Å². The number of carboxylic acids is 1. The zero-order valence-electron chi connectivity index (χ0n) is 33.5. The van der Waals surface area contributed by atoms with Gasteiger partial charge in [-0.15, -0.1) is 0 Å². The molecule has 0 fully saturated rings. The first-order valence-electron chi connectivity index (χ1n) is 19.5. The number of nitro groups is 1. The number of aryl methyl sites for hydroxylation is 3. The van der Waals surface area contributed by atoms with Gasteiger partial charge in [0, 0.05) is 41.8 Å². The number of hydrogen-bond donors (Lipinski definition) is 6. The van der Waals surface area contributed by atoms with Crippen molar-refractivity contribution >= 4 is 68.0 Å². The number of nitrogens with zero attached hydrogens (tertiary/aromatic N) is 5.